The van der Waals surface area contributed by atoms with Gasteiger partial charge in [0.05, 0.1) is 6.61 Å². The lowest BCUT2D eigenvalue weighted by Gasteiger charge is -2.42. The first-order valence-electron chi connectivity index (χ1n) is 9.50. The molecule has 1 fully saturated rings. The molecule has 0 saturated carbocycles. The van der Waals surface area contributed by atoms with Crippen molar-refractivity contribution in [1.29, 1.82) is 0 Å². The molecule has 1 heterocycles. The highest BCUT2D eigenvalue weighted by Gasteiger charge is 2.34. The summed E-state index contributed by atoms with van der Waals surface area (Å²) < 4.78 is 5.73. The van der Waals surface area contributed by atoms with Crippen LogP contribution >= 0.6 is 0 Å². The zero-order chi connectivity index (χ0) is 18.2. The van der Waals surface area contributed by atoms with E-state index in [1.54, 1.807) is 0 Å². The van der Waals surface area contributed by atoms with E-state index in [9.17, 15) is 9.90 Å². The Morgan fingerprint density at radius 3 is 2.52 bits per heavy atom. The standard InChI is InChI=1S/C20H32N2O3/c1-4-6-7-14-25-18-10-8-17(9-11-18)19(20(23)24)22-13-12-21(5-2)15-16(22)3/h8-11,16,19H,4-7,12-15H2,1-3H3,(H,23,24). The maximum Gasteiger partial charge on any atom is 0.325 e. The second kappa shape index (κ2) is 9.78. The van der Waals surface area contributed by atoms with E-state index in [1.165, 1.54) is 12.8 Å². The lowest BCUT2D eigenvalue weighted by Crippen LogP contribution is -2.54. The molecule has 1 aromatic rings. The molecule has 5 heteroatoms. The zero-order valence-electron chi connectivity index (χ0n) is 15.8. The summed E-state index contributed by atoms with van der Waals surface area (Å²) in [5.74, 6) is 0.0289. The average Bonchev–Trinajstić information content (AvgIpc) is 2.61. The van der Waals surface area contributed by atoms with Gasteiger partial charge in [0.1, 0.15) is 11.8 Å². The van der Waals surface area contributed by atoms with Crippen LogP contribution < -0.4 is 4.74 Å². The van der Waals surface area contributed by atoms with Gasteiger partial charge in [0.2, 0.25) is 0 Å². The molecule has 1 aliphatic rings. The minimum Gasteiger partial charge on any atom is -0.494 e. The van der Waals surface area contributed by atoms with E-state index < -0.39 is 12.0 Å². The largest absolute Gasteiger partial charge is 0.494 e. The summed E-state index contributed by atoms with van der Waals surface area (Å²) in [4.78, 5) is 16.4. The highest BCUT2D eigenvalue weighted by molar-refractivity contribution is 5.75. The van der Waals surface area contributed by atoms with Gasteiger partial charge in [-0.05, 0) is 37.6 Å². The summed E-state index contributed by atoms with van der Waals surface area (Å²) >= 11 is 0. The number of likely N-dealkylation sites (N-methyl/N-ethyl adjacent to an activating group) is 1. The number of unbranched alkanes of at least 4 members (excludes halogenated alkanes) is 2. The van der Waals surface area contributed by atoms with E-state index in [2.05, 4.69) is 30.6 Å². The molecule has 0 radical (unpaired) electrons. The molecule has 2 atom stereocenters. The molecule has 1 N–H and O–H groups in total. The van der Waals surface area contributed by atoms with E-state index in [4.69, 9.17) is 4.74 Å². The Morgan fingerprint density at radius 2 is 1.96 bits per heavy atom. The number of carboxylic acids is 1. The van der Waals surface area contributed by atoms with Gasteiger partial charge in [-0.15, -0.1) is 0 Å². The molecule has 0 bridgehead atoms. The highest BCUT2D eigenvalue weighted by Crippen LogP contribution is 2.27. The SMILES string of the molecule is CCCCCOc1ccc(C(C(=O)O)N2CCN(CC)CC2C)cc1. The van der Waals surface area contributed by atoms with Gasteiger partial charge < -0.3 is 14.7 Å². The molecule has 1 aliphatic heterocycles. The molecule has 2 rings (SSSR count). The van der Waals surface area contributed by atoms with Crippen molar-refractivity contribution >= 4 is 5.97 Å². The number of carbonyl (C=O) groups is 1. The fourth-order valence-electron chi connectivity index (χ4n) is 3.48. The maximum absolute atomic E-state index is 11.9. The van der Waals surface area contributed by atoms with Crippen LogP contribution in [0, 0.1) is 0 Å². The van der Waals surface area contributed by atoms with Gasteiger partial charge >= 0.3 is 5.97 Å². The second-order valence-electron chi connectivity index (χ2n) is 6.85. The number of piperazine rings is 1. The Kier molecular flexibility index (Phi) is 7.72. The molecule has 5 nitrogen and oxygen atoms in total. The third-order valence-electron chi connectivity index (χ3n) is 4.99. The van der Waals surface area contributed by atoms with Crippen molar-refractivity contribution in [2.75, 3.05) is 32.8 Å². The fourth-order valence-corrected chi connectivity index (χ4v) is 3.48. The van der Waals surface area contributed by atoms with Gasteiger partial charge in [0, 0.05) is 25.7 Å². The zero-order valence-corrected chi connectivity index (χ0v) is 15.8. The minimum atomic E-state index is -0.784. The first kappa shape index (κ1) is 19.7. The third kappa shape index (κ3) is 5.44. The molecule has 2 unspecified atom stereocenters. The summed E-state index contributed by atoms with van der Waals surface area (Å²) in [6.07, 6.45) is 3.39. The number of benzene rings is 1. The van der Waals surface area contributed by atoms with Gasteiger partial charge in [-0.1, -0.05) is 38.8 Å². The fraction of sp³-hybridized carbons (Fsp3) is 0.650. The Balaban J connectivity index is 2.03. The molecular formula is C20H32N2O3. The van der Waals surface area contributed by atoms with Crippen LogP contribution in [0.5, 0.6) is 5.75 Å². The molecular weight excluding hydrogens is 316 g/mol. The predicted octanol–water partition coefficient (Wildman–Crippen LogP) is 3.41. The molecule has 1 aromatic carbocycles. The molecule has 0 amide bonds. The normalized spacial score (nSPS) is 20.4. The van der Waals surface area contributed by atoms with Crippen LogP contribution in [0.2, 0.25) is 0 Å². The number of aliphatic carboxylic acids is 1. The minimum absolute atomic E-state index is 0.222. The first-order valence-corrected chi connectivity index (χ1v) is 9.50. The number of hydrogen-bond donors (Lipinski definition) is 1. The number of carboxylic acid groups (broad SMARTS) is 1. The molecule has 0 spiro atoms. The van der Waals surface area contributed by atoms with Crippen molar-refractivity contribution in [3.8, 4) is 5.75 Å². The molecule has 140 valence electrons. The van der Waals surface area contributed by atoms with Crippen LogP contribution in [0.4, 0.5) is 0 Å². The summed E-state index contributed by atoms with van der Waals surface area (Å²) in [5.41, 5.74) is 0.824. The lowest BCUT2D eigenvalue weighted by atomic mass is 10.0. The van der Waals surface area contributed by atoms with E-state index in [0.29, 0.717) is 6.61 Å². The maximum atomic E-state index is 11.9. The Morgan fingerprint density at radius 1 is 1.24 bits per heavy atom. The smallest absolute Gasteiger partial charge is 0.325 e. The second-order valence-corrected chi connectivity index (χ2v) is 6.85. The van der Waals surface area contributed by atoms with Gasteiger partial charge in [-0.25, -0.2) is 0 Å². The quantitative estimate of drug-likeness (QED) is 0.693. The Hall–Kier alpha value is -1.59. The summed E-state index contributed by atoms with van der Waals surface area (Å²) in [6.45, 7) is 10.8. The number of nitrogens with zero attached hydrogens (tertiary/aromatic N) is 2. The van der Waals surface area contributed by atoms with Crippen LogP contribution in [-0.2, 0) is 4.79 Å². The molecule has 1 saturated heterocycles. The van der Waals surface area contributed by atoms with E-state index >= 15 is 0 Å². The van der Waals surface area contributed by atoms with E-state index in [0.717, 1.165) is 43.9 Å². The summed E-state index contributed by atoms with van der Waals surface area (Å²) in [5, 5.41) is 9.80. The number of rotatable bonds is 9. The van der Waals surface area contributed by atoms with Crippen LogP contribution in [0.3, 0.4) is 0 Å². The number of ether oxygens (including phenoxy) is 1. The molecule has 0 aromatic heterocycles. The van der Waals surface area contributed by atoms with Crippen molar-refractivity contribution in [3.63, 3.8) is 0 Å². The van der Waals surface area contributed by atoms with Gasteiger partial charge in [0.15, 0.2) is 0 Å². The van der Waals surface area contributed by atoms with Gasteiger partial charge in [-0.3, -0.25) is 9.69 Å². The van der Waals surface area contributed by atoms with Crippen molar-refractivity contribution in [1.82, 2.24) is 9.80 Å². The van der Waals surface area contributed by atoms with Crippen molar-refractivity contribution < 1.29 is 14.6 Å². The van der Waals surface area contributed by atoms with Crippen LogP contribution in [0.1, 0.15) is 51.6 Å². The van der Waals surface area contributed by atoms with Gasteiger partial charge in [-0.2, -0.15) is 0 Å². The summed E-state index contributed by atoms with van der Waals surface area (Å²) in [7, 11) is 0. The highest BCUT2D eigenvalue weighted by atomic mass is 16.5. The molecule has 0 aliphatic carbocycles. The van der Waals surface area contributed by atoms with Gasteiger partial charge in [0.25, 0.3) is 0 Å². The third-order valence-corrected chi connectivity index (χ3v) is 4.99. The first-order chi connectivity index (χ1) is 12.1. The molecule has 25 heavy (non-hydrogen) atoms. The average molecular weight is 348 g/mol. The summed E-state index contributed by atoms with van der Waals surface area (Å²) in [6, 6.07) is 7.21. The van der Waals surface area contributed by atoms with E-state index in [1.807, 2.05) is 24.3 Å². The Bertz CT molecular complexity index is 532. The Labute approximate surface area is 151 Å². The van der Waals surface area contributed by atoms with Crippen molar-refractivity contribution in [2.24, 2.45) is 0 Å². The van der Waals surface area contributed by atoms with Crippen LogP contribution in [0.15, 0.2) is 24.3 Å². The van der Waals surface area contributed by atoms with Crippen molar-refractivity contribution in [2.45, 2.75) is 52.1 Å². The van der Waals surface area contributed by atoms with Crippen LogP contribution in [0.25, 0.3) is 0 Å². The van der Waals surface area contributed by atoms with Crippen molar-refractivity contribution in [3.05, 3.63) is 29.8 Å². The predicted molar refractivity (Wildman–Crippen MR) is 100 cm³/mol. The topological polar surface area (TPSA) is 53.0 Å². The van der Waals surface area contributed by atoms with Crippen LogP contribution in [-0.4, -0.2) is 59.7 Å². The lowest BCUT2D eigenvalue weighted by molar-refractivity contribution is -0.145. The number of hydrogen-bond acceptors (Lipinski definition) is 4. The van der Waals surface area contributed by atoms with E-state index in [-0.39, 0.29) is 6.04 Å². The monoisotopic (exact) mass is 348 g/mol.